The zero-order valence-electron chi connectivity index (χ0n) is 3.97. The Morgan fingerprint density at radius 2 is 2.25 bits per heavy atom. The summed E-state index contributed by atoms with van der Waals surface area (Å²) in [5.41, 5.74) is 0. The maximum atomic E-state index is 7.82. The number of unbranched alkanes of at least 4 members (excludes halogenated alkanes) is 1. The van der Waals surface area contributed by atoms with Crippen molar-refractivity contribution in [3.8, 4) is 0 Å². The van der Waals surface area contributed by atoms with Crippen molar-refractivity contribution in [3.63, 3.8) is 0 Å². The van der Waals surface area contributed by atoms with E-state index >= 15 is 0 Å². The molecular weight excluding hydrogens is 136 g/mol. The Bertz CT molecular complexity index is 60.0. The van der Waals surface area contributed by atoms with E-state index in [9.17, 15) is 0 Å². The van der Waals surface area contributed by atoms with E-state index in [1.165, 1.54) is 6.21 Å². The van der Waals surface area contributed by atoms with Crippen LogP contribution in [0.25, 0.3) is 0 Å². The van der Waals surface area contributed by atoms with Crippen molar-refractivity contribution in [3.05, 3.63) is 0 Å². The third kappa shape index (κ3) is 9.90. The standard InChI is InChI=1S/C4H8ClNO.Na.H/c5-3-1-2-4-6-7;;/h4,7H,1-3H2;;. The summed E-state index contributed by atoms with van der Waals surface area (Å²) in [5.74, 6) is 0.631. The number of hydrogen-bond donors (Lipinski definition) is 1. The van der Waals surface area contributed by atoms with E-state index in [0.29, 0.717) is 5.88 Å². The zero-order chi connectivity index (χ0) is 5.54. The van der Waals surface area contributed by atoms with Crippen molar-refractivity contribution in [1.29, 1.82) is 0 Å². The molecule has 0 atom stereocenters. The first-order chi connectivity index (χ1) is 3.41. The maximum absolute atomic E-state index is 7.82. The molecule has 0 aliphatic heterocycles. The molecule has 0 rings (SSSR count). The molecule has 0 aromatic rings. The molecule has 0 aliphatic rings. The number of alkyl halides is 1. The molecule has 2 nitrogen and oxygen atoms in total. The first-order valence-electron chi connectivity index (χ1n) is 2.13. The Balaban J connectivity index is 0. The van der Waals surface area contributed by atoms with Gasteiger partial charge in [-0.25, -0.2) is 0 Å². The summed E-state index contributed by atoms with van der Waals surface area (Å²) in [6, 6.07) is 0. The SMILES string of the molecule is ON=CCCCCl.[NaH]. The summed E-state index contributed by atoms with van der Waals surface area (Å²) in [6.45, 7) is 0. The quantitative estimate of drug-likeness (QED) is 0.157. The van der Waals surface area contributed by atoms with Crippen LogP contribution < -0.4 is 0 Å². The van der Waals surface area contributed by atoms with Crippen LogP contribution in [0.4, 0.5) is 0 Å². The first-order valence-corrected chi connectivity index (χ1v) is 2.67. The molecular formula is C4H9ClNNaO. The molecule has 0 amide bonds. The summed E-state index contributed by atoms with van der Waals surface area (Å²) in [6.07, 6.45) is 3.08. The predicted octanol–water partition coefficient (Wildman–Crippen LogP) is 0.817. The second-order valence-corrected chi connectivity index (χ2v) is 1.51. The van der Waals surface area contributed by atoms with E-state index in [2.05, 4.69) is 5.16 Å². The van der Waals surface area contributed by atoms with Crippen LogP contribution in [0.1, 0.15) is 12.8 Å². The molecule has 0 heterocycles. The molecule has 44 valence electrons. The normalized spacial score (nSPS) is 9.12. The summed E-state index contributed by atoms with van der Waals surface area (Å²) in [7, 11) is 0. The molecule has 4 heteroatoms. The molecule has 0 bridgehead atoms. The zero-order valence-corrected chi connectivity index (χ0v) is 4.73. The molecule has 0 aromatic heterocycles. The Morgan fingerprint density at radius 1 is 1.62 bits per heavy atom. The van der Waals surface area contributed by atoms with Crippen molar-refractivity contribution in [1.82, 2.24) is 0 Å². The van der Waals surface area contributed by atoms with Gasteiger partial charge in [0.2, 0.25) is 0 Å². The van der Waals surface area contributed by atoms with Gasteiger partial charge >= 0.3 is 29.6 Å². The van der Waals surface area contributed by atoms with Crippen LogP contribution >= 0.6 is 11.6 Å². The van der Waals surface area contributed by atoms with Gasteiger partial charge in [0.1, 0.15) is 0 Å². The van der Waals surface area contributed by atoms with E-state index in [4.69, 9.17) is 16.8 Å². The van der Waals surface area contributed by atoms with Crippen molar-refractivity contribution in [2.24, 2.45) is 5.16 Å². The first kappa shape index (κ1) is 11.5. The van der Waals surface area contributed by atoms with E-state index in [0.717, 1.165) is 12.8 Å². The number of nitrogens with zero attached hydrogens (tertiary/aromatic N) is 1. The van der Waals surface area contributed by atoms with E-state index in [-0.39, 0.29) is 29.6 Å². The summed E-state index contributed by atoms with van der Waals surface area (Å²) >= 11 is 5.29. The fourth-order valence-corrected chi connectivity index (χ4v) is 0.380. The Kier molecular flexibility index (Phi) is 15.4. The van der Waals surface area contributed by atoms with Crippen LogP contribution in [0.15, 0.2) is 5.16 Å². The van der Waals surface area contributed by atoms with Crippen molar-refractivity contribution < 1.29 is 5.21 Å². The summed E-state index contributed by atoms with van der Waals surface area (Å²) < 4.78 is 0. The predicted molar refractivity (Wildman–Crippen MR) is 37.4 cm³/mol. The molecule has 0 aromatic carbocycles. The average molecular weight is 146 g/mol. The van der Waals surface area contributed by atoms with Gasteiger partial charge < -0.3 is 5.21 Å². The molecule has 0 unspecified atom stereocenters. The van der Waals surface area contributed by atoms with Crippen molar-refractivity contribution >= 4 is 47.4 Å². The second-order valence-electron chi connectivity index (χ2n) is 1.13. The van der Waals surface area contributed by atoms with Gasteiger partial charge in [0.25, 0.3) is 0 Å². The van der Waals surface area contributed by atoms with Crippen molar-refractivity contribution in [2.45, 2.75) is 12.8 Å². The second kappa shape index (κ2) is 10.7. The van der Waals surface area contributed by atoms with Gasteiger partial charge in [0.05, 0.1) is 0 Å². The van der Waals surface area contributed by atoms with E-state index in [1.54, 1.807) is 0 Å². The molecule has 0 radical (unpaired) electrons. The van der Waals surface area contributed by atoms with Gasteiger partial charge in [-0.05, 0) is 12.8 Å². The molecule has 8 heavy (non-hydrogen) atoms. The summed E-state index contributed by atoms with van der Waals surface area (Å²) in [4.78, 5) is 0. The average Bonchev–Trinajstić information content (AvgIpc) is 1.69. The molecule has 0 saturated heterocycles. The van der Waals surface area contributed by atoms with E-state index in [1.807, 2.05) is 0 Å². The van der Waals surface area contributed by atoms with Gasteiger partial charge in [0.15, 0.2) is 0 Å². The molecule has 1 N–H and O–H groups in total. The molecule has 0 fully saturated rings. The summed E-state index contributed by atoms with van der Waals surface area (Å²) in [5, 5.41) is 10.6. The fourth-order valence-electron chi connectivity index (χ4n) is 0.226. The van der Waals surface area contributed by atoms with Gasteiger partial charge in [-0.15, -0.1) is 16.8 Å². The van der Waals surface area contributed by atoms with Crippen LogP contribution in [0.2, 0.25) is 0 Å². The minimum absolute atomic E-state index is 0. The molecule has 0 spiro atoms. The van der Waals surface area contributed by atoms with Crippen LogP contribution in [0.3, 0.4) is 0 Å². The van der Waals surface area contributed by atoms with Crippen LogP contribution in [0, 0.1) is 0 Å². The molecule has 0 aliphatic carbocycles. The third-order valence-corrected chi connectivity index (χ3v) is 0.816. The van der Waals surface area contributed by atoms with E-state index < -0.39 is 0 Å². The Hall–Kier alpha value is 0.760. The monoisotopic (exact) mass is 145 g/mol. The van der Waals surface area contributed by atoms with Crippen molar-refractivity contribution in [2.75, 3.05) is 5.88 Å². The molecule has 0 saturated carbocycles. The Labute approximate surface area is 76.2 Å². The topological polar surface area (TPSA) is 32.6 Å². The number of oxime groups is 1. The van der Waals surface area contributed by atoms with Gasteiger partial charge in [-0.3, -0.25) is 0 Å². The van der Waals surface area contributed by atoms with Gasteiger partial charge in [0, 0.05) is 12.1 Å². The van der Waals surface area contributed by atoms with Crippen LogP contribution in [-0.4, -0.2) is 46.9 Å². The van der Waals surface area contributed by atoms with Crippen LogP contribution in [0.5, 0.6) is 0 Å². The van der Waals surface area contributed by atoms with Crippen LogP contribution in [-0.2, 0) is 0 Å². The number of rotatable bonds is 3. The third-order valence-electron chi connectivity index (χ3n) is 0.549. The van der Waals surface area contributed by atoms with Gasteiger partial charge in [-0.2, -0.15) is 0 Å². The number of halogens is 1. The fraction of sp³-hybridized carbons (Fsp3) is 0.750. The minimum atomic E-state index is 0. The Morgan fingerprint density at radius 3 is 2.62 bits per heavy atom. The van der Waals surface area contributed by atoms with Gasteiger partial charge in [-0.1, -0.05) is 0 Å². The number of hydrogen-bond acceptors (Lipinski definition) is 2.